The van der Waals surface area contributed by atoms with Crippen LogP contribution in [0.1, 0.15) is 0 Å². The highest BCUT2D eigenvalue weighted by Gasteiger charge is 2.13. The smallest absolute Gasteiger partial charge is 0.307 e. The lowest BCUT2D eigenvalue weighted by molar-refractivity contribution is 0.259. The quantitative estimate of drug-likeness (QED) is 0.486. The van der Waals surface area contributed by atoms with Crippen LogP contribution in [-0.2, 0) is 0 Å². The van der Waals surface area contributed by atoms with E-state index >= 15 is 0 Å². The zero-order chi connectivity index (χ0) is 18.6. The number of rotatable bonds is 3. The molecule has 0 aliphatic carbocycles. The molecular formula is C21H16N4OS. The van der Waals surface area contributed by atoms with Crippen molar-refractivity contribution in [3.8, 4) is 11.4 Å². The van der Waals surface area contributed by atoms with Crippen LogP contribution in [0.3, 0.4) is 0 Å². The van der Waals surface area contributed by atoms with Gasteiger partial charge < -0.3 is 5.32 Å². The molecule has 0 fully saturated rings. The van der Waals surface area contributed by atoms with Crippen LogP contribution in [0.2, 0.25) is 0 Å². The molecule has 4 aromatic rings. The molecule has 4 rings (SSSR count). The Bertz CT molecular complexity index is 1160. The number of amides is 2. The maximum Gasteiger partial charge on any atom is 0.338 e. The monoisotopic (exact) mass is 372 g/mol. The van der Waals surface area contributed by atoms with Crippen molar-refractivity contribution in [2.24, 2.45) is 0 Å². The van der Waals surface area contributed by atoms with Crippen molar-refractivity contribution in [2.45, 2.75) is 0 Å². The van der Waals surface area contributed by atoms with Gasteiger partial charge in [-0.2, -0.15) is 0 Å². The Labute approximate surface area is 161 Å². The number of hydrogen-bond donors (Lipinski definition) is 2. The summed E-state index contributed by atoms with van der Waals surface area (Å²) in [5.74, 6) is 0.572. The summed E-state index contributed by atoms with van der Waals surface area (Å²) in [5, 5.41) is 3.60. The Morgan fingerprint density at radius 2 is 1.48 bits per heavy atom. The number of anilines is 1. The zero-order valence-electron chi connectivity index (χ0n) is 14.3. The third-order valence-corrected chi connectivity index (χ3v) is 4.46. The van der Waals surface area contributed by atoms with Crippen molar-refractivity contribution >= 4 is 34.8 Å². The van der Waals surface area contributed by atoms with Crippen molar-refractivity contribution in [3.05, 3.63) is 89.6 Å². The first-order chi connectivity index (χ1) is 13.2. The molecule has 0 aliphatic rings. The number of para-hydroxylation sites is 2. The van der Waals surface area contributed by atoms with Gasteiger partial charge >= 0.3 is 6.03 Å². The van der Waals surface area contributed by atoms with Gasteiger partial charge in [0.1, 0.15) is 4.64 Å². The lowest BCUT2D eigenvalue weighted by Gasteiger charge is -2.16. The predicted molar refractivity (Wildman–Crippen MR) is 111 cm³/mol. The molecule has 0 radical (unpaired) electrons. The molecule has 1 heterocycles. The number of aromatic nitrogens is 2. The van der Waals surface area contributed by atoms with Crippen LogP contribution in [0.5, 0.6) is 0 Å². The van der Waals surface area contributed by atoms with Gasteiger partial charge in [0.2, 0.25) is 0 Å². The second-order valence-electron chi connectivity index (χ2n) is 5.89. The van der Waals surface area contributed by atoms with E-state index in [4.69, 9.17) is 17.2 Å². The molecule has 5 nitrogen and oxygen atoms in total. The molecule has 0 saturated heterocycles. The molecule has 132 valence electrons. The normalized spacial score (nSPS) is 10.5. The maximum absolute atomic E-state index is 12.5. The average molecular weight is 372 g/mol. The highest BCUT2D eigenvalue weighted by Crippen LogP contribution is 2.22. The topological polar surface area (TPSA) is 59.0 Å². The standard InChI is InChI=1S/C21H16N4OS/c26-21(22-16-11-5-2-6-12-16)24-25-19(15-9-3-1-4-10-15)23-18-14-8-7-13-17(18)20(25)27/h1-14H,(H2,22,24,26). The molecule has 0 spiro atoms. The van der Waals surface area contributed by atoms with Crippen molar-refractivity contribution in [3.63, 3.8) is 0 Å². The van der Waals surface area contributed by atoms with Gasteiger partial charge in [-0.1, -0.05) is 72.9 Å². The summed E-state index contributed by atoms with van der Waals surface area (Å²) in [6.07, 6.45) is 0. The number of hydrogen-bond acceptors (Lipinski definition) is 3. The van der Waals surface area contributed by atoms with Gasteiger partial charge in [0.15, 0.2) is 5.82 Å². The van der Waals surface area contributed by atoms with E-state index in [1.165, 1.54) is 0 Å². The van der Waals surface area contributed by atoms with Crippen molar-refractivity contribution < 1.29 is 4.79 Å². The van der Waals surface area contributed by atoms with Crippen LogP contribution < -0.4 is 10.7 Å². The molecule has 2 amide bonds. The highest BCUT2D eigenvalue weighted by atomic mass is 32.1. The minimum atomic E-state index is -0.397. The highest BCUT2D eigenvalue weighted by molar-refractivity contribution is 7.71. The third kappa shape index (κ3) is 3.56. The third-order valence-electron chi connectivity index (χ3n) is 4.05. The number of nitrogens with zero attached hydrogens (tertiary/aromatic N) is 2. The van der Waals surface area contributed by atoms with E-state index in [1.807, 2.05) is 84.9 Å². The number of fused-ring (bicyclic) bond motifs is 1. The first kappa shape index (κ1) is 16.9. The summed E-state index contributed by atoms with van der Waals surface area (Å²) >= 11 is 5.64. The van der Waals surface area contributed by atoms with Gasteiger partial charge in [0.05, 0.1) is 5.52 Å². The maximum atomic E-state index is 12.5. The number of carbonyl (C=O) groups excluding carboxylic acids is 1. The Kier molecular flexibility index (Phi) is 4.63. The largest absolute Gasteiger partial charge is 0.338 e. The van der Waals surface area contributed by atoms with Gasteiger partial charge in [-0.15, -0.1) is 0 Å². The van der Waals surface area contributed by atoms with Gasteiger partial charge in [-0.25, -0.2) is 19.9 Å². The Hall–Kier alpha value is -3.51. The predicted octanol–water partition coefficient (Wildman–Crippen LogP) is 5.21. The fraction of sp³-hybridized carbons (Fsp3) is 0. The molecule has 3 aromatic carbocycles. The Balaban J connectivity index is 1.79. The first-order valence-electron chi connectivity index (χ1n) is 8.42. The summed E-state index contributed by atoms with van der Waals surface area (Å²) in [4.78, 5) is 17.3. The molecular weight excluding hydrogens is 356 g/mol. The second kappa shape index (κ2) is 7.39. The molecule has 1 aromatic heterocycles. The van der Waals surface area contributed by atoms with Crippen molar-refractivity contribution in [1.29, 1.82) is 0 Å². The van der Waals surface area contributed by atoms with E-state index in [9.17, 15) is 4.79 Å². The van der Waals surface area contributed by atoms with E-state index in [0.29, 0.717) is 16.2 Å². The average Bonchev–Trinajstić information content (AvgIpc) is 2.71. The van der Waals surface area contributed by atoms with Crippen LogP contribution >= 0.6 is 12.2 Å². The lowest BCUT2D eigenvalue weighted by Crippen LogP contribution is -2.30. The van der Waals surface area contributed by atoms with Gasteiger partial charge in [0.25, 0.3) is 0 Å². The lowest BCUT2D eigenvalue weighted by atomic mass is 10.2. The van der Waals surface area contributed by atoms with Crippen LogP contribution in [-0.4, -0.2) is 15.7 Å². The number of carbonyl (C=O) groups is 1. The molecule has 0 atom stereocenters. The van der Waals surface area contributed by atoms with Crippen LogP contribution in [0.4, 0.5) is 10.5 Å². The van der Waals surface area contributed by atoms with Crippen molar-refractivity contribution in [1.82, 2.24) is 9.66 Å². The Morgan fingerprint density at radius 1 is 0.852 bits per heavy atom. The van der Waals surface area contributed by atoms with Gasteiger partial charge in [0, 0.05) is 16.6 Å². The first-order valence-corrected chi connectivity index (χ1v) is 8.83. The zero-order valence-corrected chi connectivity index (χ0v) is 15.1. The summed E-state index contributed by atoms with van der Waals surface area (Å²) in [6, 6.07) is 26.1. The molecule has 0 bridgehead atoms. The van der Waals surface area contributed by atoms with E-state index in [0.717, 1.165) is 16.5 Å². The second-order valence-corrected chi connectivity index (χ2v) is 6.28. The van der Waals surface area contributed by atoms with Gasteiger partial charge in [-0.05, 0) is 24.3 Å². The van der Waals surface area contributed by atoms with Crippen LogP contribution in [0.25, 0.3) is 22.3 Å². The molecule has 0 saturated carbocycles. The van der Waals surface area contributed by atoms with E-state index in [-0.39, 0.29) is 0 Å². The number of urea groups is 1. The molecule has 27 heavy (non-hydrogen) atoms. The van der Waals surface area contributed by atoms with Gasteiger partial charge in [-0.3, -0.25) is 0 Å². The molecule has 0 aliphatic heterocycles. The van der Waals surface area contributed by atoms with Crippen molar-refractivity contribution in [2.75, 3.05) is 10.7 Å². The van der Waals surface area contributed by atoms with E-state index in [2.05, 4.69) is 10.7 Å². The fourth-order valence-corrected chi connectivity index (χ4v) is 3.10. The van der Waals surface area contributed by atoms with E-state index < -0.39 is 6.03 Å². The fourth-order valence-electron chi connectivity index (χ4n) is 2.80. The van der Waals surface area contributed by atoms with Crippen LogP contribution in [0.15, 0.2) is 84.9 Å². The molecule has 0 unspecified atom stereocenters. The number of nitrogens with one attached hydrogen (secondary N) is 2. The van der Waals surface area contributed by atoms with Crippen LogP contribution in [0, 0.1) is 4.64 Å². The summed E-state index contributed by atoms with van der Waals surface area (Å²) in [6.45, 7) is 0. The Morgan fingerprint density at radius 3 is 2.22 bits per heavy atom. The molecule has 2 N–H and O–H groups in total. The summed E-state index contributed by atoms with van der Waals surface area (Å²) in [7, 11) is 0. The minimum Gasteiger partial charge on any atom is -0.307 e. The minimum absolute atomic E-state index is 0.397. The number of benzene rings is 3. The SMILES string of the molecule is O=C(Nc1ccccc1)Nn1c(-c2ccccc2)nc2ccccc2c1=S. The summed E-state index contributed by atoms with van der Waals surface area (Å²) in [5.41, 5.74) is 5.15. The van der Waals surface area contributed by atoms with E-state index in [1.54, 1.807) is 4.68 Å². The molecule has 6 heteroatoms. The summed E-state index contributed by atoms with van der Waals surface area (Å²) < 4.78 is 2.04.